The molecule has 0 fully saturated rings. The highest BCUT2D eigenvalue weighted by Gasteiger charge is 2.06. The van der Waals surface area contributed by atoms with Crippen molar-refractivity contribution in [2.75, 3.05) is 5.88 Å². The topological polar surface area (TPSA) is 48.2 Å². The summed E-state index contributed by atoms with van der Waals surface area (Å²) in [5.41, 5.74) is 1.28. The third-order valence-electron chi connectivity index (χ3n) is 2.51. The molecule has 0 spiro atoms. The van der Waals surface area contributed by atoms with Crippen LogP contribution in [0.3, 0.4) is 0 Å². The van der Waals surface area contributed by atoms with Crippen LogP contribution in [0.15, 0.2) is 28.7 Å². The minimum atomic E-state index is 0.279. The van der Waals surface area contributed by atoms with E-state index in [2.05, 4.69) is 17.1 Å². The van der Waals surface area contributed by atoms with Gasteiger partial charge in [-0.05, 0) is 24.1 Å². The molecule has 0 aliphatic carbocycles. The van der Waals surface area contributed by atoms with Crippen molar-refractivity contribution in [1.82, 2.24) is 10.2 Å². The second kappa shape index (κ2) is 6.40. The molecule has 0 aliphatic rings. The molecule has 0 bridgehead atoms. The van der Waals surface area contributed by atoms with E-state index in [0.717, 1.165) is 12.2 Å². The van der Waals surface area contributed by atoms with Gasteiger partial charge in [0.15, 0.2) is 6.61 Å². The van der Waals surface area contributed by atoms with Gasteiger partial charge in [0.1, 0.15) is 5.75 Å². The summed E-state index contributed by atoms with van der Waals surface area (Å²) in [7, 11) is 0. The third-order valence-corrected chi connectivity index (χ3v) is 2.70. The summed E-state index contributed by atoms with van der Waals surface area (Å²) < 4.78 is 10.9. The molecular weight excluding hydrogens is 252 g/mol. The summed E-state index contributed by atoms with van der Waals surface area (Å²) in [6.07, 6.45) is 1.60. The molecule has 0 saturated carbocycles. The van der Waals surface area contributed by atoms with E-state index in [1.165, 1.54) is 5.56 Å². The summed E-state index contributed by atoms with van der Waals surface area (Å²) in [4.78, 5) is 0. The van der Waals surface area contributed by atoms with Crippen LogP contribution in [0.4, 0.5) is 0 Å². The minimum Gasteiger partial charge on any atom is -0.484 e. The Balaban J connectivity index is 1.89. The van der Waals surface area contributed by atoms with Crippen molar-refractivity contribution >= 4 is 11.6 Å². The van der Waals surface area contributed by atoms with Crippen molar-refractivity contribution in [3.63, 3.8) is 0 Å². The second-order valence-electron chi connectivity index (χ2n) is 3.81. The number of aromatic nitrogens is 2. The average Bonchev–Trinajstić information content (AvgIpc) is 2.85. The van der Waals surface area contributed by atoms with Crippen molar-refractivity contribution in [3.05, 3.63) is 41.6 Å². The maximum absolute atomic E-state index is 5.59. The number of benzene rings is 1. The molecule has 0 N–H and O–H groups in total. The van der Waals surface area contributed by atoms with E-state index in [1.54, 1.807) is 0 Å². The highest BCUT2D eigenvalue weighted by atomic mass is 35.5. The molecule has 0 saturated heterocycles. The molecule has 1 aromatic heterocycles. The first-order valence-corrected chi connectivity index (χ1v) is 6.44. The van der Waals surface area contributed by atoms with Gasteiger partial charge in [0.05, 0.1) is 0 Å². The van der Waals surface area contributed by atoms with Gasteiger partial charge in [0.25, 0.3) is 5.89 Å². The van der Waals surface area contributed by atoms with Crippen LogP contribution in [0.1, 0.15) is 24.3 Å². The number of aryl methyl sites for hydroxylation is 2. The highest BCUT2D eigenvalue weighted by Crippen LogP contribution is 2.14. The van der Waals surface area contributed by atoms with Gasteiger partial charge in [-0.3, -0.25) is 0 Å². The normalized spacial score (nSPS) is 10.6. The molecule has 2 aromatic rings. The van der Waals surface area contributed by atoms with Gasteiger partial charge in [-0.1, -0.05) is 19.1 Å². The van der Waals surface area contributed by atoms with Crippen LogP contribution >= 0.6 is 11.6 Å². The Kier molecular flexibility index (Phi) is 4.59. The smallest absolute Gasteiger partial charge is 0.253 e. The Hall–Kier alpha value is -1.55. The maximum Gasteiger partial charge on any atom is 0.253 e. The number of halogens is 1. The minimum absolute atomic E-state index is 0.279. The van der Waals surface area contributed by atoms with Crippen molar-refractivity contribution < 1.29 is 9.15 Å². The van der Waals surface area contributed by atoms with Crippen LogP contribution in [0.25, 0.3) is 0 Å². The van der Waals surface area contributed by atoms with Crippen LogP contribution in [0.2, 0.25) is 0 Å². The maximum atomic E-state index is 5.59. The number of hydrogen-bond acceptors (Lipinski definition) is 4. The monoisotopic (exact) mass is 266 g/mol. The van der Waals surface area contributed by atoms with E-state index in [-0.39, 0.29) is 6.61 Å². The number of alkyl halides is 1. The van der Waals surface area contributed by atoms with Crippen molar-refractivity contribution in [2.45, 2.75) is 26.4 Å². The van der Waals surface area contributed by atoms with Crippen molar-refractivity contribution in [3.8, 4) is 5.75 Å². The Labute approximate surface area is 111 Å². The Morgan fingerprint density at radius 2 is 1.89 bits per heavy atom. The fraction of sp³-hybridized carbons (Fsp3) is 0.385. The van der Waals surface area contributed by atoms with Gasteiger partial charge < -0.3 is 9.15 Å². The molecule has 2 rings (SSSR count). The number of nitrogens with zero attached hydrogens (tertiary/aromatic N) is 2. The first kappa shape index (κ1) is 12.9. The Bertz CT molecular complexity index is 482. The fourth-order valence-electron chi connectivity index (χ4n) is 1.50. The summed E-state index contributed by atoms with van der Waals surface area (Å²) >= 11 is 5.59. The van der Waals surface area contributed by atoms with E-state index in [4.69, 9.17) is 20.8 Å². The predicted octanol–water partition coefficient (Wildman–Crippen LogP) is 2.99. The molecule has 0 atom stereocenters. The molecule has 0 radical (unpaired) electrons. The van der Waals surface area contributed by atoms with Crippen LogP contribution in [-0.4, -0.2) is 16.1 Å². The summed E-state index contributed by atoms with van der Waals surface area (Å²) in [6.45, 7) is 2.40. The number of rotatable bonds is 6. The number of ether oxygens (including phenoxy) is 1. The molecule has 96 valence electrons. The molecule has 1 aromatic carbocycles. The van der Waals surface area contributed by atoms with Gasteiger partial charge in [-0.25, -0.2) is 0 Å². The summed E-state index contributed by atoms with van der Waals surface area (Å²) in [5.74, 6) is 2.28. The summed E-state index contributed by atoms with van der Waals surface area (Å²) in [6, 6.07) is 7.97. The van der Waals surface area contributed by atoms with E-state index in [1.807, 2.05) is 24.3 Å². The van der Waals surface area contributed by atoms with Gasteiger partial charge in [0.2, 0.25) is 5.89 Å². The molecule has 5 heteroatoms. The Morgan fingerprint density at radius 1 is 1.17 bits per heavy atom. The van der Waals surface area contributed by atoms with Crippen LogP contribution in [0, 0.1) is 0 Å². The average molecular weight is 267 g/mol. The zero-order valence-electron chi connectivity index (χ0n) is 10.2. The quantitative estimate of drug-likeness (QED) is 0.754. The SMILES string of the molecule is CCc1ccc(OCc2nnc(CCCl)o2)cc1. The lowest BCUT2D eigenvalue weighted by Gasteiger charge is -2.03. The molecule has 0 amide bonds. The van der Waals surface area contributed by atoms with Crippen LogP contribution in [-0.2, 0) is 19.4 Å². The molecule has 1 heterocycles. The van der Waals surface area contributed by atoms with Crippen molar-refractivity contribution in [2.24, 2.45) is 0 Å². The van der Waals surface area contributed by atoms with E-state index in [0.29, 0.717) is 24.1 Å². The third kappa shape index (κ3) is 3.47. The first-order valence-electron chi connectivity index (χ1n) is 5.90. The lowest BCUT2D eigenvalue weighted by atomic mass is 10.2. The van der Waals surface area contributed by atoms with Gasteiger partial charge >= 0.3 is 0 Å². The van der Waals surface area contributed by atoms with E-state index < -0.39 is 0 Å². The van der Waals surface area contributed by atoms with Gasteiger partial charge in [0, 0.05) is 12.3 Å². The van der Waals surface area contributed by atoms with Crippen LogP contribution < -0.4 is 4.74 Å². The van der Waals surface area contributed by atoms with Crippen molar-refractivity contribution in [1.29, 1.82) is 0 Å². The van der Waals surface area contributed by atoms with E-state index >= 15 is 0 Å². The van der Waals surface area contributed by atoms with Gasteiger partial charge in [-0.15, -0.1) is 21.8 Å². The molecule has 0 aliphatic heterocycles. The van der Waals surface area contributed by atoms with E-state index in [9.17, 15) is 0 Å². The zero-order chi connectivity index (χ0) is 12.8. The second-order valence-corrected chi connectivity index (χ2v) is 4.19. The first-order chi connectivity index (χ1) is 8.81. The summed E-state index contributed by atoms with van der Waals surface area (Å²) in [5, 5.41) is 7.75. The predicted molar refractivity (Wildman–Crippen MR) is 68.9 cm³/mol. The number of hydrogen-bond donors (Lipinski definition) is 0. The fourth-order valence-corrected chi connectivity index (χ4v) is 1.66. The highest BCUT2D eigenvalue weighted by molar-refractivity contribution is 6.17. The molecular formula is C13H15ClN2O2. The molecule has 18 heavy (non-hydrogen) atoms. The Morgan fingerprint density at radius 3 is 2.56 bits per heavy atom. The standard InChI is InChI=1S/C13H15ClN2O2/c1-2-10-3-5-11(6-4-10)17-9-13-16-15-12(18-13)7-8-14/h3-6H,2,7-9H2,1H3. The van der Waals surface area contributed by atoms with Gasteiger partial charge in [-0.2, -0.15) is 0 Å². The van der Waals surface area contributed by atoms with Crippen LogP contribution in [0.5, 0.6) is 5.75 Å². The molecule has 4 nitrogen and oxygen atoms in total. The molecule has 0 unspecified atom stereocenters. The lowest BCUT2D eigenvalue weighted by molar-refractivity contribution is 0.259. The lowest BCUT2D eigenvalue weighted by Crippen LogP contribution is -1.95. The largest absolute Gasteiger partial charge is 0.484 e. The zero-order valence-corrected chi connectivity index (χ0v) is 11.0.